The minimum atomic E-state index is -0.200. The van der Waals surface area contributed by atoms with Crippen LogP contribution in [0.5, 0.6) is 5.75 Å². The van der Waals surface area contributed by atoms with Gasteiger partial charge in [-0.15, -0.1) is 21.5 Å². The molecule has 0 saturated heterocycles. The molecule has 2 heterocycles. The van der Waals surface area contributed by atoms with Crippen molar-refractivity contribution in [3.05, 3.63) is 70.4 Å². The number of aromatic nitrogens is 3. The number of benzene rings is 2. The lowest BCUT2D eigenvalue weighted by Gasteiger charge is -2.02. The first-order valence-corrected chi connectivity index (χ1v) is 12.0. The van der Waals surface area contributed by atoms with Crippen molar-refractivity contribution in [1.82, 2.24) is 15.2 Å². The van der Waals surface area contributed by atoms with Gasteiger partial charge in [-0.1, -0.05) is 54.6 Å². The van der Waals surface area contributed by atoms with Crippen molar-refractivity contribution in [3.63, 3.8) is 0 Å². The third-order valence-electron chi connectivity index (χ3n) is 4.36. The van der Waals surface area contributed by atoms with E-state index < -0.39 is 0 Å². The summed E-state index contributed by atoms with van der Waals surface area (Å²) in [5.74, 6) is 0.890. The predicted octanol–water partition coefficient (Wildman–Crippen LogP) is 5.72. The van der Waals surface area contributed by atoms with E-state index in [0.717, 1.165) is 29.4 Å². The van der Waals surface area contributed by atoms with Crippen LogP contribution in [0.3, 0.4) is 0 Å². The summed E-state index contributed by atoms with van der Waals surface area (Å²) in [6, 6.07) is 15.2. The average Bonchev–Trinajstić information content (AvgIpc) is 3.47. The second-order valence-electron chi connectivity index (χ2n) is 6.63. The van der Waals surface area contributed by atoms with Crippen molar-refractivity contribution >= 4 is 45.7 Å². The molecule has 10 heteroatoms. The Morgan fingerprint density at radius 3 is 2.69 bits per heavy atom. The van der Waals surface area contributed by atoms with E-state index in [1.807, 2.05) is 17.5 Å². The number of amides is 1. The summed E-state index contributed by atoms with van der Waals surface area (Å²) in [5.41, 5.74) is 3.13. The summed E-state index contributed by atoms with van der Waals surface area (Å²) in [7, 11) is 0. The summed E-state index contributed by atoms with van der Waals surface area (Å²) < 4.78 is 11.1. The molecule has 0 atom stereocenters. The summed E-state index contributed by atoms with van der Waals surface area (Å²) >= 11 is 8.38. The van der Waals surface area contributed by atoms with Crippen LogP contribution in [0, 0.1) is 0 Å². The third-order valence-corrected chi connectivity index (χ3v) is 6.19. The summed E-state index contributed by atoms with van der Waals surface area (Å²) in [6.45, 7) is 2.25. The molecule has 0 radical (unpaired) electrons. The Kier molecular flexibility index (Phi) is 7.41. The summed E-state index contributed by atoms with van der Waals surface area (Å²) in [5, 5.41) is 14.1. The van der Waals surface area contributed by atoms with Gasteiger partial charge >= 0.3 is 0 Å². The number of rotatable bonds is 9. The topological polar surface area (TPSA) is 90.1 Å². The van der Waals surface area contributed by atoms with Crippen LogP contribution in [0.15, 0.2) is 63.6 Å². The molecule has 164 valence electrons. The molecular formula is C22H19ClN4O3S2. The first kappa shape index (κ1) is 22.3. The van der Waals surface area contributed by atoms with E-state index in [-0.39, 0.29) is 18.3 Å². The van der Waals surface area contributed by atoms with Crippen molar-refractivity contribution < 1.29 is 13.9 Å². The molecule has 0 spiro atoms. The Hall–Kier alpha value is -2.88. The number of hydrogen-bond donors (Lipinski definition) is 1. The number of thioether (sulfide) groups is 1. The van der Waals surface area contributed by atoms with Gasteiger partial charge in [-0.05, 0) is 36.2 Å². The number of thiazole rings is 1. The van der Waals surface area contributed by atoms with Crippen LogP contribution in [0.25, 0.3) is 11.3 Å². The lowest BCUT2D eigenvalue weighted by Crippen LogP contribution is -2.13. The van der Waals surface area contributed by atoms with E-state index in [0.29, 0.717) is 27.0 Å². The fraction of sp³-hybridized carbons (Fsp3) is 0.182. The largest absolute Gasteiger partial charge is 0.484 e. The summed E-state index contributed by atoms with van der Waals surface area (Å²) in [6.07, 6.45) is 0.993. The number of anilines is 1. The van der Waals surface area contributed by atoms with Crippen LogP contribution in [-0.2, 0) is 17.8 Å². The molecule has 0 aliphatic rings. The van der Waals surface area contributed by atoms with E-state index in [2.05, 4.69) is 39.6 Å². The van der Waals surface area contributed by atoms with Gasteiger partial charge in [0.25, 0.3) is 11.1 Å². The van der Waals surface area contributed by atoms with Crippen molar-refractivity contribution in [2.45, 2.75) is 25.2 Å². The van der Waals surface area contributed by atoms with Crippen LogP contribution in [0.2, 0.25) is 5.02 Å². The maximum absolute atomic E-state index is 12.3. The molecule has 1 amide bonds. The molecule has 0 saturated carbocycles. The number of hydrogen-bond acceptors (Lipinski definition) is 8. The minimum absolute atomic E-state index is 0.125. The highest BCUT2D eigenvalue weighted by Crippen LogP contribution is 2.26. The number of nitrogens with one attached hydrogen (secondary N) is 1. The van der Waals surface area contributed by atoms with E-state index in [9.17, 15) is 4.79 Å². The SMILES string of the molecule is CCc1ccc(-c2csc(NC(=O)CSc3nnc(COc4ccc(Cl)cc4)o3)n2)cc1. The van der Waals surface area contributed by atoms with Gasteiger partial charge in [0, 0.05) is 16.0 Å². The fourth-order valence-electron chi connectivity index (χ4n) is 2.69. The Labute approximate surface area is 198 Å². The van der Waals surface area contributed by atoms with Crippen molar-refractivity contribution in [2.24, 2.45) is 0 Å². The number of nitrogens with zero attached hydrogens (tertiary/aromatic N) is 3. The Morgan fingerprint density at radius 2 is 1.94 bits per heavy atom. The lowest BCUT2D eigenvalue weighted by molar-refractivity contribution is -0.113. The van der Waals surface area contributed by atoms with E-state index in [4.69, 9.17) is 20.8 Å². The molecule has 0 bridgehead atoms. The van der Waals surface area contributed by atoms with Crippen LogP contribution in [-0.4, -0.2) is 26.8 Å². The summed E-state index contributed by atoms with van der Waals surface area (Å²) in [4.78, 5) is 16.8. The molecule has 2 aromatic heterocycles. The normalized spacial score (nSPS) is 10.8. The number of ether oxygens (including phenoxy) is 1. The van der Waals surface area contributed by atoms with Crippen LogP contribution >= 0.6 is 34.7 Å². The van der Waals surface area contributed by atoms with Crippen molar-refractivity contribution in [1.29, 1.82) is 0 Å². The fourth-order valence-corrected chi connectivity index (χ4v) is 4.13. The second-order valence-corrected chi connectivity index (χ2v) is 8.85. The molecule has 0 aliphatic carbocycles. The van der Waals surface area contributed by atoms with E-state index in [1.165, 1.54) is 16.9 Å². The van der Waals surface area contributed by atoms with Gasteiger partial charge in [-0.25, -0.2) is 4.98 Å². The molecule has 1 N–H and O–H groups in total. The average molecular weight is 487 g/mol. The van der Waals surface area contributed by atoms with Gasteiger partial charge in [0.05, 0.1) is 11.4 Å². The Morgan fingerprint density at radius 1 is 1.16 bits per heavy atom. The smallest absolute Gasteiger partial charge is 0.277 e. The van der Waals surface area contributed by atoms with Crippen molar-refractivity contribution in [2.75, 3.05) is 11.1 Å². The highest BCUT2D eigenvalue weighted by molar-refractivity contribution is 7.99. The molecule has 2 aromatic carbocycles. The maximum atomic E-state index is 12.3. The molecular weight excluding hydrogens is 468 g/mol. The van der Waals surface area contributed by atoms with Gasteiger partial charge in [-0.2, -0.15) is 0 Å². The van der Waals surface area contributed by atoms with Crippen LogP contribution < -0.4 is 10.1 Å². The first-order valence-electron chi connectivity index (χ1n) is 9.77. The van der Waals surface area contributed by atoms with Gasteiger partial charge in [0.15, 0.2) is 11.7 Å². The number of aryl methyl sites for hydroxylation is 1. The van der Waals surface area contributed by atoms with Gasteiger partial charge in [0.2, 0.25) is 5.91 Å². The lowest BCUT2D eigenvalue weighted by atomic mass is 10.1. The number of carbonyl (C=O) groups excluding carboxylic acids is 1. The van der Waals surface area contributed by atoms with Crippen LogP contribution in [0.4, 0.5) is 5.13 Å². The van der Waals surface area contributed by atoms with Gasteiger partial charge < -0.3 is 14.5 Å². The molecule has 0 unspecified atom stereocenters. The predicted molar refractivity (Wildman–Crippen MR) is 126 cm³/mol. The van der Waals surface area contributed by atoms with Gasteiger partial charge in [0.1, 0.15) is 5.75 Å². The standard InChI is InChI=1S/C22H19ClN4O3S2/c1-2-14-3-5-15(6-4-14)18-12-31-21(24-18)25-19(28)13-32-22-27-26-20(30-22)11-29-17-9-7-16(23)8-10-17/h3-10,12H,2,11,13H2,1H3,(H,24,25,28). The number of carbonyl (C=O) groups is 1. The second kappa shape index (κ2) is 10.6. The molecule has 0 aliphatic heterocycles. The zero-order valence-corrected chi connectivity index (χ0v) is 19.5. The molecule has 0 fully saturated rings. The zero-order valence-electron chi connectivity index (χ0n) is 17.1. The quantitative estimate of drug-likeness (QED) is 0.302. The molecule has 4 aromatic rings. The third kappa shape index (κ3) is 6.09. The highest BCUT2D eigenvalue weighted by atomic mass is 35.5. The van der Waals surface area contributed by atoms with E-state index in [1.54, 1.807) is 24.3 Å². The zero-order chi connectivity index (χ0) is 22.3. The van der Waals surface area contributed by atoms with Crippen molar-refractivity contribution in [3.8, 4) is 17.0 Å². The Balaban J connectivity index is 1.24. The minimum Gasteiger partial charge on any atom is -0.484 e. The molecule has 4 rings (SSSR count). The molecule has 32 heavy (non-hydrogen) atoms. The van der Waals surface area contributed by atoms with E-state index >= 15 is 0 Å². The number of halogens is 1. The monoisotopic (exact) mass is 486 g/mol. The maximum Gasteiger partial charge on any atom is 0.277 e. The Bertz CT molecular complexity index is 1180. The first-order chi connectivity index (χ1) is 15.6. The van der Waals surface area contributed by atoms with Crippen LogP contribution in [0.1, 0.15) is 18.4 Å². The van der Waals surface area contributed by atoms with Gasteiger partial charge in [-0.3, -0.25) is 4.79 Å². The highest BCUT2D eigenvalue weighted by Gasteiger charge is 2.12. The molecule has 7 nitrogen and oxygen atoms in total.